The Hall–Kier alpha value is -1.84. The number of amides is 1. The number of rotatable bonds is 3. The molecule has 0 bridgehead atoms. The van der Waals surface area contributed by atoms with Gasteiger partial charge >= 0.3 is 5.97 Å². The van der Waals surface area contributed by atoms with E-state index in [2.05, 4.69) is 6.92 Å². The third-order valence-corrected chi connectivity index (χ3v) is 4.43. The van der Waals surface area contributed by atoms with Crippen LogP contribution in [-0.4, -0.2) is 35.0 Å². The highest BCUT2D eigenvalue weighted by atomic mass is 16.4. The zero-order chi connectivity index (χ0) is 15.6. The molecule has 0 aromatic heterocycles. The summed E-state index contributed by atoms with van der Waals surface area (Å²) in [6, 6.07) is 3.59. The van der Waals surface area contributed by atoms with Crippen LogP contribution in [0.2, 0.25) is 0 Å². The number of aromatic carboxylic acids is 1. The Balaban J connectivity index is 2.39. The fraction of sp³-hybridized carbons (Fsp3) is 0.529. The lowest BCUT2D eigenvalue weighted by atomic mass is 9.92. The minimum absolute atomic E-state index is 0.133. The summed E-state index contributed by atoms with van der Waals surface area (Å²) in [5.74, 6) is -0.628. The number of carboxylic acid groups (broad SMARTS) is 1. The minimum atomic E-state index is -1.02. The van der Waals surface area contributed by atoms with E-state index in [0.717, 1.165) is 37.9 Å². The lowest BCUT2D eigenvalue weighted by Crippen LogP contribution is -2.40. The summed E-state index contributed by atoms with van der Waals surface area (Å²) in [5.41, 5.74) is 1.89. The maximum Gasteiger partial charge on any atom is 0.336 e. The van der Waals surface area contributed by atoms with Crippen LogP contribution < -0.4 is 0 Å². The number of piperidine rings is 1. The summed E-state index contributed by atoms with van der Waals surface area (Å²) in [6.07, 6.45) is 3.21. The van der Waals surface area contributed by atoms with E-state index >= 15 is 0 Å². The van der Waals surface area contributed by atoms with E-state index in [0.29, 0.717) is 17.0 Å². The lowest BCUT2D eigenvalue weighted by Gasteiger charge is -2.33. The zero-order valence-electron chi connectivity index (χ0n) is 13.0. The third-order valence-electron chi connectivity index (χ3n) is 4.43. The lowest BCUT2D eigenvalue weighted by molar-refractivity contribution is 0.0639. The van der Waals surface area contributed by atoms with Crippen LogP contribution in [0.4, 0.5) is 0 Å². The maximum atomic E-state index is 12.8. The van der Waals surface area contributed by atoms with E-state index in [1.165, 1.54) is 0 Å². The first-order valence-corrected chi connectivity index (χ1v) is 7.58. The fourth-order valence-corrected chi connectivity index (χ4v) is 3.10. The largest absolute Gasteiger partial charge is 0.478 e. The van der Waals surface area contributed by atoms with Gasteiger partial charge < -0.3 is 10.0 Å². The number of carbonyl (C=O) groups is 2. The SMILES string of the molecule is CCC1CCCN(C(=O)c2c(C)ccc(C)c2C(=O)O)C1. The fourth-order valence-electron chi connectivity index (χ4n) is 3.10. The molecular formula is C17H23NO3. The number of hydrogen-bond donors (Lipinski definition) is 1. The van der Waals surface area contributed by atoms with E-state index in [4.69, 9.17) is 0 Å². The summed E-state index contributed by atoms with van der Waals surface area (Å²) >= 11 is 0. The van der Waals surface area contributed by atoms with Crippen molar-refractivity contribution in [3.05, 3.63) is 34.4 Å². The Morgan fingerprint density at radius 2 is 1.86 bits per heavy atom. The topological polar surface area (TPSA) is 57.6 Å². The van der Waals surface area contributed by atoms with Gasteiger partial charge in [-0.15, -0.1) is 0 Å². The third kappa shape index (κ3) is 3.09. The second kappa shape index (κ2) is 6.29. The first-order chi connectivity index (χ1) is 9.95. The van der Waals surface area contributed by atoms with Gasteiger partial charge in [-0.2, -0.15) is 0 Å². The Bertz CT molecular complexity index is 565. The van der Waals surface area contributed by atoms with Gasteiger partial charge in [-0.1, -0.05) is 25.5 Å². The Morgan fingerprint density at radius 1 is 1.24 bits per heavy atom. The minimum Gasteiger partial charge on any atom is -0.478 e. The van der Waals surface area contributed by atoms with Crippen molar-refractivity contribution in [1.82, 2.24) is 4.90 Å². The number of carbonyl (C=O) groups excluding carboxylic acids is 1. The molecule has 1 amide bonds. The van der Waals surface area contributed by atoms with E-state index in [9.17, 15) is 14.7 Å². The van der Waals surface area contributed by atoms with Crippen molar-refractivity contribution in [1.29, 1.82) is 0 Å². The molecule has 1 N–H and O–H groups in total. The Labute approximate surface area is 125 Å². The van der Waals surface area contributed by atoms with E-state index in [1.54, 1.807) is 19.9 Å². The quantitative estimate of drug-likeness (QED) is 0.929. The van der Waals surface area contributed by atoms with Crippen molar-refractivity contribution in [3.63, 3.8) is 0 Å². The van der Waals surface area contributed by atoms with Crippen LogP contribution in [0.1, 0.15) is 58.0 Å². The van der Waals surface area contributed by atoms with Gasteiger partial charge in [-0.3, -0.25) is 4.79 Å². The highest BCUT2D eigenvalue weighted by molar-refractivity contribution is 6.06. The second-order valence-corrected chi connectivity index (χ2v) is 5.92. The number of benzene rings is 1. The standard InChI is InChI=1S/C17H23NO3/c1-4-13-6-5-9-18(10-13)16(19)14-11(2)7-8-12(3)15(14)17(20)21/h7-8,13H,4-6,9-10H2,1-3H3,(H,20,21). The second-order valence-electron chi connectivity index (χ2n) is 5.92. The van der Waals surface area contributed by atoms with Crippen LogP contribution in [0.3, 0.4) is 0 Å². The highest BCUT2D eigenvalue weighted by Crippen LogP contribution is 2.25. The number of likely N-dealkylation sites (tertiary alicyclic amines) is 1. The molecular weight excluding hydrogens is 266 g/mol. The molecule has 0 radical (unpaired) electrons. The monoisotopic (exact) mass is 289 g/mol. The number of nitrogens with zero attached hydrogens (tertiary/aromatic N) is 1. The van der Waals surface area contributed by atoms with Gasteiger partial charge in [0, 0.05) is 13.1 Å². The van der Waals surface area contributed by atoms with E-state index in [1.807, 2.05) is 11.0 Å². The van der Waals surface area contributed by atoms with Crippen LogP contribution >= 0.6 is 0 Å². The van der Waals surface area contributed by atoms with Crippen LogP contribution in [0.5, 0.6) is 0 Å². The molecule has 0 aliphatic carbocycles. The highest BCUT2D eigenvalue weighted by Gasteiger charge is 2.28. The molecule has 1 fully saturated rings. The first kappa shape index (κ1) is 15.5. The summed E-state index contributed by atoms with van der Waals surface area (Å²) in [4.78, 5) is 26.2. The van der Waals surface area contributed by atoms with E-state index < -0.39 is 5.97 Å². The molecule has 4 heteroatoms. The smallest absolute Gasteiger partial charge is 0.336 e. The van der Waals surface area contributed by atoms with Crippen molar-refractivity contribution < 1.29 is 14.7 Å². The summed E-state index contributed by atoms with van der Waals surface area (Å²) in [5, 5.41) is 9.45. The summed E-state index contributed by atoms with van der Waals surface area (Å²) in [7, 11) is 0. The molecule has 1 aliphatic rings. The molecule has 0 spiro atoms. The molecule has 114 valence electrons. The van der Waals surface area contributed by atoms with Crippen molar-refractivity contribution in [3.8, 4) is 0 Å². The summed E-state index contributed by atoms with van der Waals surface area (Å²) in [6.45, 7) is 7.15. The van der Waals surface area contributed by atoms with Gasteiger partial charge in [0.1, 0.15) is 0 Å². The molecule has 0 saturated carbocycles. The predicted molar refractivity (Wildman–Crippen MR) is 81.8 cm³/mol. The normalized spacial score (nSPS) is 18.6. The number of aryl methyl sites for hydroxylation is 2. The number of carboxylic acids is 1. The number of hydrogen-bond acceptors (Lipinski definition) is 2. The van der Waals surface area contributed by atoms with Gasteiger partial charge in [0.25, 0.3) is 5.91 Å². The molecule has 1 aromatic rings. The predicted octanol–water partition coefficient (Wildman–Crippen LogP) is 3.26. The molecule has 2 rings (SSSR count). The molecule has 1 atom stereocenters. The van der Waals surface area contributed by atoms with Gasteiger partial charge in [0.15, 0.2) is 0 Å². The van der Waals surface area contributed by atoms with Crippen LogP contribution in [-0.2, 0) is 0 Å². The van der Waals surface area contributed by atoms with Crippen molar-refractivity contribution in [2.45, 2.75) is 40.0 Å². The van der Waals surface area contributed by atoms with Crippen molar-refractivity contribution >= 4 is 11.9 Å². The molecule has 4 nitrogen and oxygen atoms in total. The van der Waals surface area contributed by atoms with Crippen LogP contribution in [0.15, 0.2) is 12.1 Å². The molecule has 1 aromatic carbocycles. The molecule has 1 unspecified atom stereocenters. The van der Waals surface area contributed by atoms with E-state index in [-0.39, 0.29) is 11.5 Å². The van der Waals surface area contributed by atoms with Crippen molar-refractivity contribution in [2.24, 2.45) is 5.92 Å². The van der Waals surface area contributed by atoms with Crippen molar-refractivity contribution in [2.75, 3.05) is 13.1 Å². The maximum absolute atomic E-state index is 12.8. The van der Waals surface area contributed by atoms with Crippen LogP contribution in [0, 0.1) is 19.8 Å². The molecule has 1 heterocycles. The average Bonchev–Trinajstić information content (AvgIpc) is 2.48. The molecule has 1 saturated heterocycles. The average molecular weight is 289 g/mol. The van der Waals surface area contributed by atoms with Crippen LogP contribution in [0.25, 0.3) is 0 Å². The molecule has 1 aliphatic heterocycles. The van der Waals surface area contributed by atoms with Gasteiger partial charge in [-0.25, -0.2) is 4.79 Å². The molecule has 21 heavy (non-hydrogen) atoms. The Kier molecular flexibility index (Phi) is 4.66. The zero-order valence-corrected chi connectivity index (χ0v) is 13.0. The van der Waals surface area contributed by atoms with Gasteiger partial charge in [-0.05, 0) is 43.7 Å². The van der Waals surface area contributed by atoms with Gasteiger partial charge in [0.2, 0.25) is 0 Å². The Morgan fingerprint density at radius 3 is 2.43 bits per heavy atom. The first-order valence-electron chi connectivity index (χ1n) is 7.58. The van der Waals surface area contributed by atoms with Gasteiger partial charge in [0.05, 0.1) is 11.1 Å². The summed E-state index contributed by atoms with van der Waals surface area (Å²) < 4.78 is 0.